The van der Waals surface area contributed by atoms with Gasteiger partial charge in [0.2, 0.25) is 0 Å². The van der Waals surface area contributed by atoms with Crippen molar-refractivity contribution in [2.45, 2.75) is 45.4 Å². The standard InChI is InChI=1S/C18H23NO3.2H2O/c1-3-5-9-19(10-6-4-2)13-7-8-14(15(20)11-13)18-16(21)12-17(18)22;;/h7-8,11,18H,3-6,9-10H2,1-2H3,(H-,20,21,22);2*1H2. The fraction of sp³-hybridized carbons (Fsp3) is 0.500. The molecular formula is C18H27NO5. The van der Waals surface area contributed by atoms with Crippen LogP contribution in [0.25, 0.3) is 0 Å². The van der Waals surface area contributed by atoms with Crippen molar-refractivity contribution in [2.75, 3.05) is 18.0 Å². The number of aromatic hydroxyl groups is 1. The van der Waals surface area contributed by atoms with Gasteiger partial charge >= 0.3 is 17.6 Å². The minimum atomic E-state index is -0.631. The van der Waals surface area contributed by atoms with E-state index in [1.165, 1.54) is 0 Å². The third kappa shape index (κ3) is 4.68. The molecule has 0 heterocycles. The predicted octanol–water partition coefficient (Wildman–Crippen LogP) is 3.33. The molecule has 1 aromatic carbocycles. The highest BCUT2D eigenvalue weighted by Crippen LogP contribution is 2.38. The van der Waals surface area contributed by atoms with Crippen molar-refractivity contribution in [2.24, 2.45) is 0 Å². The number of allylic oxidation sites excluding steroid dienone is 2. The molecule has 0 fully saturated rings. The topological polar surface area (TPSA) is 125 Å². The highest BCUT2D eigenvalue weighted by Gasteiger charge is 2.57. The molecular weight excluding hydrogens is 310 g/mol. The molecule has 0 bridgehead atoms. The number of phenolic OH excluding ortho intramolecular Hbond substituents is 1. The Bertz CT molecular complexity index is 563. The summed E-state index contributed by atoms with van der Waals surface area (Å²) in [5.41, 5.74) is 1.50. The summed E-state index contributed by atoms with van der Waals surface area (Å²) in [6, 6.07) is 5.44. The molecule has 6 heteroatoms. The number of hydrogen-bond acceptors (Lipinski definition) is 5. The zero-order chi connectivity index (χ0) is 16.1. The van der Waals surface area contributed by atoms with Gasteiger partial charge in [-0.2, -0.15) is 0 Å². The first-order valence-corrected chi connectivity index (χ1v) is 8.05. The second-order valence-electron chi connectivity index (χ2n) is 5.77. The number of hydrogen-bond donors (Lipinski definition) is 2. The number of aliphatic hydroxyl groups excluding tert-OH is 1. The van der Waals surface area contributed by atoms with Crippen LogP contribution in [0.4, 0.5) is 5.69 Å². The second-order valence-corrected chi connectivity index (χ2v) is 5.77. The molecule has 0 radical (unpaired) electrons. The number of rotatable bonds is 8. The lowest BCUT2D eigenvalue weighted by molar-refractivity contribution is 0.363. The summed E-state index contributed by atoms with van der Waals surface area (Å²) in [5, 5.41) is 19.8. The predicted molar refractivity (Wildman–Crippen MR) is 93.1 cm³/mol. The minimum Gasteiger partial charge on any atom is -0.870 e. The van der Waals surface area contributed by atoms with E-state index in [0.717, 1.165) is 44.5 Å². The lowest BCUT2D eigenvalue weighted by atomic mass is 9.83. The van der Waals surface area contributed by atoms with Gasteiger partial charge in [0.1, 0.15) is 5.75 Å². The van der Waals surface area contributed by atoms with E-state index in [0.29, 0.717) is 5.56 Å². The van der Waals surface area contributed by atoms with Crippen molar-refractivity contribution in [1.29, 1.82) is 0 Å². The largest absolute Gasteiger partial charge is 0.870 e. The van der Waals surface area contributed by atoms with E-state index in [1.54, 1.807) is 12.1 Å². The number of nitrogens with zero attached hydrogens (tertiary/aromatic N) is 1. The third-order valence-corrected chi connectivity index (χ3v) is 4.06. The Balaban J connectivity index is 0.00000264. The van der Waals surface area contributed by atoms with Gasteiger partial charge in [-0.3, -0.25) is 0 Å². The number of unbranched alkanes of at least 4 members (excludes halogenated alkanes) is 2. The zero-order valence-electron chi connectivity index (χ0n) is 14.2. The van der Waals surface area contributed by atoms with Crippen molar-refractivity contribution >= 4 is 11.5 Å². The highest BCUT2D eigenvalue weighted by molar-refractivity contribution is 6.02. The smallest absolute Gasteiger partial charge is 0.578 e. The molecule has 0 amide bonds. The molecule has 6 nitrogen and oxygen atoms in total. The van der Waals surface area contributed by atoms with Crippen LogP contribution in [0.5, 0.6) is 5.75 Å². The van der Waals surface area contributed by atoms with Gasteiger partial charge in [0, 0.05) is 30.4 Å². The number of ketones is 1. The molecule has 0 spiro atoms. The van der Waals surface area contributed by atoms with Gasteiger partial charge in [0.15, 0.2) is 0 Å². The molecule has 0 aliphatic heterocycles. The van der Waals surface area contributed by atoms with E-state index in [2.05, 4.69) is 24.8 Å². The molecule has 2 rings (SSSR count). The maximum absolute atomic E-state index is 10.3. The first-order valence-electron chi connectivity index (χ1n) is 8.05. The molecule has 0 saturated carbocycles. The van der Waals surface area contributed by atoms with Gasteiger partial charge < -0.3 is 26.1 Å². The quantitative estimate of drug-likeness (QED) is 0.556. The van der Waals surface area contributed by atoms with Crippen LogP contribution in [0.15, 0.2) is 24.0 Å². The SMILES string of the molecule is CCCCN(CCCC)c1ccc(C2C(=[OH+])[C+]=C2O)c(O)c1.[OH-].[OH-]. The maximum Gasteiger partial charge on any atom is 0.578 e. The van der Waals surface area contributed by atoms with E-state index in [4.69, 9.17) is 0 Å². The van der Waals surface area contributed by atoms with E-state index in [1.807, 2.05) is 6.07 Å². The zero-order valence-corrected chi connectivity index (χ0v) is 14.2. The fourth-order valence-electron chi connectivity index (χ4n) is 2.66. The monoisotopic (exact) mass is 337 g/mol. The van der Waals surface area contributed by atoms with Gasteiger partial charge in [0.05, 0.1) is 0 Å². The minimum absolute atomic E-state index is 0. The number of benzene rings is 1. The first-order chi connectivity index (χ1) is 10.6. The fourth-order valence-corrected chi connectivity index (χ4v) is 2.66. The average Bonchev–Trinajstić information content (AvgIpc) is 2.49. The third-order valence-electron chi connectivity index (χ3n) is 4.06. The van der Waals surface area contributed by atoms with E-state index in [9.17, 15) is 15.0 Å². The number of aliphatic hydroxyl groups is 1. The van der Waals surface area contributed by atoms with Gasteiger partial charge in [-0.15, -0.1) is 0 Å². The van der Waals surface area contributed by atoms with Crippen molar-refractivity contribution < 1.29 is 26.0 Å². The van der Waals surface area contributed by atoms with Gasteiger partial charge in [-0.25, -0.2) is 4.79 Å². The number of anilines is 1. The highest BCUT2D eigenvalue weighted by atomic mass is 16.3. The molecule has 1 aromatic rings. The lowest BCUT2D eigenvalue weighted by Crippen LogP contribution is -2.26. The Kier molecular flexibility index (Phi) is 9.00. The molecule has 1 unspecified atom stereocenters. The summed E-state index contributed by atoms with van der Waals surface area (Å²) in [6.45, 7) is 6.27. The summed E-state index contributed by atoms with van der Waals surface area (Å²) >= 11 is 0. The first kappa shape index (κ1) is 21.9. The van der Waals surface area contributed by atoms with Crippen molar-refractivity contribution in [3.05, 3.63) is 35.6 Å². The van der Waals surface area contributed by atoms with Gasteiger partial charge in [-0.1, -0.05) is 32.8 Å². The number of phenols is 1. The average molecular weight is 337 g/mol. The van der Waals surface area contributed by atoms with Crippen LogP contribution in [-0.2, 0) is 0 Å². The summed E-state index contributed by atoms with van der Waals surface area (Å²) in [5.74, 6) is -0.599. The van der Waals surface area contributed by atoms with Crippen molar-refractivity contribution in [3.8, 4) is 5.75 Å². The molecule has 134 valence electrons. The molecule has 0 saturated heterocycles. The Morgan fingerprint density at radius 3 is 2.08 bits per heavy atom. The maximum atomic E-state index is 10.3. The summed E-state index contributed by atoms with van der Waals surface area (Å²) in [7, 11) is 0. The Labute approximate surface area is 143 Å². The van der Waals surface area contributed by atoms with Crippen LogP contribution in [0, 0.1) is 6.08 Å². The Hall–Kier alpha value is -2.14. The van der Waals surface area contributed by atoms with Crippen LogP contribution in [0.2, 0.25) is 0 Å². The molecule has 5 N–H and O–H groups in total. The summed E-state index contributed by atoms with van der Waals surface area (Å²) in [4.78, 5) is 11.9. The Morgan fingerprint density at radius 2 is 1.67 bits per heavy atom. The van der Waals surface area contributed by atoms with E-state index in [-0.39, 0.29) is 28.2 Å². The lowest BCUT2D eigenvalue weighted by Gasteiger charge is -2.25. The molecule has 1 aliphatic rings. The van der Waals surface area contributed by atoms with E-state index >= 15 is 0 Å². The van der Waals surface area contributed by atoms with Crippen LogP contribution in [0.3, 0.4) is 0 Å². The van der Waals surface area contributed by atoms with Crippen LogP contribution in [-0.4, -0.2) is 44.8 Å². The normalized spacial score (nSPS) is 15.3. The molecule has 1 atom stereocenters. The van der Waals surface area contributed by atoms with Gasteiger partial charge in [0.25, 0.3) is 5.92 Å². The molecule has 0 aromatic heterocycles. The molecule has 1 aliphatic carbocycles. The van der Waals surface area contributed by atoms with Crippen molar-refractivity contribution in [1.82, 2.24) is 0 Å². The van der Waals surface area contributed by atoms with Crippen molar-refractivity contribution in [3.63, 3.8) is 0 Å². The second kappa shape index (κ2) is 9.88. The molecule has 24 heavy (non-hydrogen) atoms. The Morgan fingerprint density at radius 1 is 1.08 bits per heavy atom. The summed E-state index contributed by atoms with van der Waals surface area (Å²) < 4.78 is 0. The van der Waals surface area contributed by atoms with Crippen LogP contribution in [0.1, 0.15) is 51.0 Å². The van der Waals surface area contributed by atoms with Crippen LogP contribution < -0.4 is 4.90 Å². The van der Waals surface area contributed by atoms with E-state index < -0.39 is 5.92 Å². The number of carbonyl (C=O) groups excluding carboxylic acids is 1. The van der Waals surface area contributed by atoms with Gasteiger partial charge in [-0.05, 0) is 18.9 Å². The summed E-state index contributed by atoms with van der Waals surface area (Å²) in [6.07, 6.45) is 6.89. The van der Waals surface area contributed by atoms with Crippen LogP contribution >= 0.6 is 0 Å².